The van der Waals surface area contributed by atoms with E-state index in [1.807, 2.05) is 0 Å². The van der Waals surface area contributed by atoms with Gasteiger partial charge < -0.3 is 11.1 Å². The lowest BCUT2D eigenvalue weighted by Crippen LogP contribution is -2.59. The van der Waals surface area contributed by atoms with Crippen LogP contribution in [0.5, 0.6) is 0 Å². The number of fused-ring (bicyclic) bond motifs is 2. The molecule has 0 aromatic rings. The van der Waals surface area contributed by atoms with Gasteiger partial charge in [-0.25, -0.2) is 0 Å². The van der Waals surface area contributed by atoms with Crippen molar-refractivity contribution in [1.82, 2.24) is 5.32 Å². The second-order valence-electron chi connectivity index (χ2n) is 4.49. The summed E-state index contributed by atoms with van der Waals surface area (Å²) in [6, 6.07) is 1.17. The standard InChI is InChI=1S/C9H18N2/c1-9-4-2-3-8(11-9)5-7(10)6-9/h7-8,11H,2-6,10H2,1H3. The molecule has 11 heavy (non-hydrogen) atoms. The molecule has 2 heterocycles. The van der Waals surface area contributed by atoms with Crippen molar-refractivity contribution in [3.8, 4) is 0 Å². The monoisotopic (exact) mass is 154 g/mol. The summed E-state index contributed by atoms with van der Waals surface area (Å²) < 4.78 is 0. The molecule has 64 valence electrons. The zero-order chi connectivity index (χ0) is 7.90. The van der Waals surface area contributed by atoms with Gasteiger partial charge in [-0.05, 0) is 32.6 Å². The van der Waals surface area contributed by atoms with Crippen LogP contribution in [0.2, 0.25) is 0 Å². The van der Waals surface area contributed by atoms with E-state index in [1.165, 1.54) is 32.1 Å². The highest BCUT2D eigenvalue weighted by Gasteiger charge is 2.37. The molecule has 0 aliphatic carbocycles. The van der Waals surface area contributed by atoms with Gasteiger partial charge in [0.1, 0.15) is 0 Å². The van der Waals surface area contributed by atoms with Crippen molar-refractivity contribution in [2.24, 2.45) is 5.73 Å². The Morgan fingerprint density at radius 2 is 2.36 bits per heavy atom. The van der Waals surface area contributed by atoms with Crippen molar-refractivity contribution in [1.29, 1.82) is 0 Å². The van der Waals surface area contributed by atoms with Crippen molar-refractivity contribution in [2.75, 3.05) is 0 Å². The number of nitrogens with one attached hydrogen (secondary N) is 1. The first kappa shape index (κ1) is 7.56. The first-order chi connectivity index (χ1) is 5.18. The quantitative estimate of drug-likeness (QED) is 0.546. The third kappa shape index (κ3) is 1.42. The minimum atomic E-state index is 0.376. The van der Waals surface area contributed by atoms with Crippen molar-refractivity contribution in [3.05, 3.63) is 0 Å². The highest BCUT2D eigenvalue weighted by atomic mass is 15.0. The van der Waals surface area contributed by atoms with Crippen LogP contribution < -0.4 is 11.1 Å². The second-order valence-corrected chi connectivity index (χ2v) is 4.49. The Kier molecular flexibility index (Phi) is 1.69. The lowest BCUT2D eigenvalue weighted by Gasteiger charge is -2.46. The normalized spacial score (nSPS) is 50.7. The van der Waals surface area contributed by atoms with Crippen LogP contribution in [0.15, 0.2) is 0 Å². The molecule has 0 aromatic carbocycles. The zero-order valence-corrected chi connectivity index (χ0v) is 7.27. The van der Waals surface area contributed by atoms with Crippen molar-refractivity contribution >= 4 is 0 Å². The summed E-state index contributed by atoms with van der Waals surface area (Å²) in [6.07, 6.45) is 6.40. The Bertz CT molecular complexity index is 154. The molecule has 0 spiro atoms. The van der Waals surface area contributed by atoms with Gasteiger partial charge in [-0.15, -0.1) is 0 Å². The average molecular weight is 154 g/mol. The fraction of sp³-hybridized carbons (Fsp3) is 1.00. The van der Waals surface area contributed by atoms with E-state index in [4.69, 9.17) is 5.73 Å². The second kappa shape index (κ2) is 2.46. The fourth-order valence-corrected chi connectivity index (χ4v) is 2.74. The van der Waals surface area contributed by atoms with E-state index >= 15 is 0 Å². The third-order valence-corrected chi connectivity index (χ3v) is 3.13. The lowest BCUT2D eigenvalue weighted by atomic mass is 9.76. The van der Waals surface area contributed by atoms with Gasteiger partial charge in [0.05, 0.1) is 0 Å². The molecule has 3 unspecified atom stereocenters. The Balaban J connectivity index is 2.09. The van der Waals surface area contributed by atoms with E-state index in [0.29, 0.717) is 11.6 Å². The van der Waals surface area contributed by atoms with E-state index in [9.17, 15) is 0 Å². The Labute approximate surface area is 68.5 Å². The van der Waals surface area contributed by atoms with E-state index in [0.717, 1.165) is 6.04 Å². The van der Waals surface area contributed by atoms with Gasteiger partial charge in [-0.3, -0.25) is 0 Å². The van der Waals surface area contributed by atoms with Gasteiger partial charge in [-0.1, -0.05) is 6.42 Å². The van der Waals surface area contributed by atoms with Gasteiger partial charge in [0.15, 0.2) is 0 Å². The minimum Gasteiger partial charge on any atom is -0.328 e. The molecular weight excluding hydrogens is 136 g/mol. The summed E-state index contributed by atoms with van der Waals surface area (Å²) >= 11 is 0. The van der Waals surface area contributed by atoms with Crippen LogP contribution in [0.4, 0.5) is 0 Å². The molecular formula is C9H18N2. The van der Waals surface area contributed by atoms with E-state index in [1.54, 1.807) is 0 Å². The van der Waals surface area contributed by atoms with Crippen LogP contribution in [-0.2, 0) is 0 Å². The summed E-state index contributed by atoms with van der Waals surface area (Å²) in [5, 5.41) is 3.68. The summed E-state index contributed by atoms with van der Waals surface area (Å²) in [5.41, 5.74) is 6.35. The van der Waals surface area contributed by atoms with Crippen molar-refractivity contribution in [3.63, 3.8) is 0 Å². The van der Waals surface area contributed by atoms with Gasteiger partial charge >= 0.3 is 0 Å². The van der Waals surface area contributed by atoms with Crippen LogP contribution in [0, 0.1) is 0 Å². The SMILES string of the molecule is CC12CCCC(CC(N)C1)N2. The predicted molar refractivity (Wildman–Crippen MR) is 46.4 cm³/mol. The van der Waals surface area contributed by atoms with E-state index < -0.39 is 0 Å². The third-order valence-electron chi connectivity index (χ3n) is 3.13. The topological polar surface area (TPSA) is 38.0 Å². The molecule has 2 heteroatoms. The number of piperidine rings is 2. The van der Waals surface area contributed by atoms with Gasteiger partial charge in [-0.2, -0.15) is 0 Å². The van der Waals surface area contributed by atoms with Gasteiger partial charge in [0, 0.05) is 17.6 Å². The Hall–Kier alpha value is -0.0800. The van der Waals surface area contributed by atoms with Gasteiger partial charge in [0.2, 0.25) is 0 Å². The lowest BCUT2D eigenvalue weighted by molar-refractivity contribution is 0.143. The smallest absolute Gasteiger partial charge is 0.0170 e. The molecule has 3 N–H and O–H groups in total. The van der Waals surface area contributed by atoms with Crippen molar-refractivity contribution < 1.29 is 0 Å². The largest absolute Gasteiger partial charge is 0.328 e. The molecule has 0 saturated carbocycles. The molecule has 2 bridgehead atoms. The fourth-order valence-electron chi connectivity index (χ4n) is 2.74. The molecule has 3 atom stereocenters. The van der Waals surface area contributed by atoms with E-state index in [-0.39, 0.29) is 0 Å². The maximum atomic E-state index is 5.97. The summed E-state index contributed by atoms with van der Waals surface area (Å²) in [6.45, 7) is 2.32. The highest BCUT2D eigenvalue weighted by Crippen LogP contribution is 2.32. The molecule has 0 amide bonds. The number of hydrogen-bond donors (Lipinski definition) is 2. The molecule has 2 aliphatic heterocycles. The summed E-state index contributed by atoms with van der Waals surface area (Å²) in [7, 11) is 0. The predicted octanol–water partition coefficient (Wildman–Crippen LogP) is 1.01. The molecule has 2 nitrogen and oxygen atoms in total. The van der Waals surface area contributed by atoms with Crippen LogP contribution in [0.3, 0.4) is 0 Å². The molecule has 0 radical (unpaired) electrons. The summed E-state index contributed by atoms with van der Waals surface area (Å²) in [4.78, 5) is 0. The zero-order valence-electron chi connectivity index (χ0n) is 7.27. The number of nitrogens with two attached hydrogens (primary N) is 1. The maximum Gasteiger partial charge on any atom is 0.0170 e. The van der Waals surface area contributed by atoms with E-state index in [2.05, 4.69) is 12.2 Å². The highest BCUT2D eigenvalue weighted by molar-refractivity contribution is 4.99. The molecule has 2 saturated heterocycles. The van der Waals surface area contributed by atoms with Gasteiger partial charge in [0.25, 0.3) is 0 Å². The average Bonchev–Trinajstić information content (AvgIpc) is 1.82. The molecule has 2 rings (SSSR count). The first-order valence-electron chi connectivity index (χ1n) is 4.71. The minimum absolute atomic E-state index is 0.376. The van der Waals surface area contributed by atoms with Crippen LogP contribution >= 0.6 is 0 Å². The number of rotatable bonds is 0. The van der Waals surface area contributed by atoms with Crippen LogP contribution in [0.25, 0.3) is 0 Å². The summed E-state index contributed by atoms with van der Waals surface area (Å²) in [5.74, 6) is 0. The van der Waals surface area contributed by atoms with Crippen LogP contribution in [0.1, 0.15) is 39.0 Å². The molecule has 2 fully saturated rings. The Morgan fingerprint density at radius 3 is 3.09 bits per heavy atom. The maximum absolute atomic E-state index is 5.97. The first-order valence-corrected chi connectivity index (χ1v) is 4.71. The molecule has 0 aromatic heterocycles. The van der Waals surface area contributed by atoms with Crippen molar-refractivity contribution in [2.45, 2.75) is 56.7 Å². The molecule has 2 aliphatic rings. The van der Waals surface area contributed by atoms with Crippen LogP contribution in [-0.4, -0.2) is 17.6 Å². The number of hydrogen-bond acceptors (Lipinski definition) is 2. The Morgan fingerprint density at radius 1 is 1.55 bits per heavy atom.